The molecule has 2 aromatic rings. The number of methoxy groups -OCH3 is 1. The molecule has 0 unspecified atom stereocenters. The Morgan fingerprint density at radius 3 is 2.56 bits per heavy atom. The van der Waals surface area contributed by atoms with Crippen molar-refractivity contribution in [2.45, 2.75) is 25.2 Å². The van der Waals surface area contributed by atoms with E-state index in [1.807, 2.05) is 38.1 Å². The minimum absolute atomic E-state index is 0.0744. The van der Waals surface area contributed by atoms with Gasteiger partial charge >= 0.3 is 0 Å². The zero-order valence-corrected chi connectivity index (χ0v) is 16.7. The molecule has 0 heterocycles. The number of carbonyl (C=O) groups excluding carboxylic acids is 1. The zero-order valence-electron chi connectivity index (χ0n) is 15.9. The molecule has 0 atom stereocenters. The van der Waals surface area contributed by atoms with Crippen LogP contribution in [-0.4, -0.2) is 34.5 Å². The topological polar surface area (TPSA) is 84.5 Å². The van der Waals surface area contributed by atoms with Gasteiger partial charge in [0.05, 0.1) is 12.0 Å². The quantitative estimate of drug-likeness (QED) is 0.689. The first-order valence-electron chi connectivity index (χ1n) is 8.82. The van der Waals surface area contributed by atoms with E-state index in [1.54, 1.807) is 19.2 Å². The number of ether oxygens (including phenoxy) is 1. The van der Waals surface area contributed by atoms with Crippen molar-refractivity contribution in [3.8, 4) is 5.75 Å². The predicted octanol–water partition coefficient (Wildman–Crippen LogP) is 2.60. The van der Waals surface area contributed by atoms with Crippen molar-refractivity contribution in [2.75, 3.05) is 20.2 Å². The molecule has 2 rings (SSSR count). The van der Waals surface area contributed by atoms with Gasteiger partial charge in [-0.3, -0.25) is 4.79 Å². The Morgan fingerprint density at radius 1 is 1.11 bits per heavy atom. The molecule has 0 aliphatic heterocycles. The Hall–Kier alpha value is -2.38. The van der Waals surface area contributed by atoms with Crippen molar-refractivity contribution in [1.29, 1.82) is 0 Å². The van der Waals surface area contributed by atoms with Crippen molar-refractivity contribution in [1.82, 2.24) is 10.0 Å². The standard InChI is InChI=1S/C20H26N2O4S/c1-15(2)14-21-20(23)17-7-5-9-19(13-17)27(24,25)22-11-10-16-6-4-8-18(12-16)26-3/h4-9,12-13,15,22H,10-11,14H2,1-3H3,(H,21,23). The zero-order chi connectivity index (χ0) is 19.9. The van der Waals surface area contributed by atoms with E-state index < -0.39 is 10.0 Å². The van der Waals surface area contributed by atoms with Gasteiger partial charge in [-0.15, -0.1) is 0 Å². The molecule has 146 valence electrons. The first-order chi connectivity index (χ1) is 12.8. The number of hydrogen-bond acceptors (Lipinski definition) is 4. The summed E-state index contributed by atoms with van der Waals surface area (Å²) in [7, 11) is -2.11. The molecule has 0 spiro atoms. The van der Waals surface area contributed by atoms with Crippen LogP contribution in [0.5, 0.6) is 5.75 Å². The summed E-state index contributed by atoms with van der Waals surface area (Å²) in [4.78, 5) is 12.2. The fourth-order valence-electron chi connectivity index (χ4n) is 2.44. The lowest BCUT2D eigenvalue weighted by molar-refractivity contribution is 0.0949. The molecule has 7 heteroatoms. The van der Waals surface area contributed by atoms with Crippen molar-refractivity contribution in [3.05, 3.63) is 59.7 Å². The summed E-state index contributed by atoms with van der Waals surface area (Å²) in [6.07, 6.45) is 0.533. The van der Waals surface area contributed by atoms with Crippen LogP contribution in [0, 0.1) is 5.92 Å². The molecule has 0 aromatic heterocycles. The third-order valence-corrected chi connectivity index (χ3v) is 5.38. The lowest BCUT2D eigenvalue weighted by atomic mass is 10.1. The lowest BCUT2D eigenvalue weighted by Gasteiger charge is -2.10. The molecule has 0 fully saturated rings. The average molecular weight is 391 g/mol. The summed E-state index contributed by atoms with van der Waals surface area (Å²) in [5, 5.41) is 2.79. The first kappa shape index (κ1) is 20.9. The number of benzene rings is 2. The van der Waals surface area contributed by atoms with E-state index in [0.717, 1.165) is 11.3 Å². The summed E-state index contributed by atoms with van der Waals surface area (Å²) < 4.78 is 32.8. The fraction of sp³-hybridized carbons (Fsp3) is 0.350. The Kier molecular flexibility index (Phi) is 7.38. The van der Waals surface area contributed by atoms with Gasteiger partial charge in [0.1, 0.15) is 5.75 Å². The Bertz CT molecular complexity index is 879. The number of rotatable bonds is 9. The molecule has 1 amide bonds. The Labute approximate surface area is 161 Å². The highest BCUT2D eigenvalue weighted by Gasteiger charge is 2.16. The summed E-state index contributed by atoms with van der Waals surface area (Å²) in [6.45, 7) is 4.77. The van der Waals surface area contributed by atoms with Gasteiger partial charge in [-0.05, 0) is 48.2 Å². The lowest BCUT2D eigenvalue weighted by Crippen LogP contribution is -2.28. The molecule has 2 N–H and O–H groups in total. The molecule has 6 nitrogen and oxygen atoms in total. The maximum absolute atomic E-state index is 12.5. The Balaban J connectivity index is 2.01. The SMILES string of the molecule is COc1cccc(CCNS(=O)(=O)c2cccc(C(=O)NCC(C)C)c2)c1. The van der Waals surface area contributed by atoms with E-state index in [9.17, 15) is 13.2 Å². The number of nitrogens with one attached hydrogen (secondary N) is 2. The molecule has 0 aliphatic rings. The Morgan fingerprint density at radius 2 is 1.85 bits per heavy atom. The maximum Gasteiger partial charge on any atom is 0.251 e. The van der Waals surface area contributed by atoms with Crippen LogP contribution in [0.15, 0.2) is 53.4 Å². The first-order valence-corrected chi connectivity index (χ1v) is 10.3. The average Bonchev–Trinajstić information content (AvgIpc) is 2.66. The monoisotopic (exact) mass is 390 g/mol. The van der Waals surface area contributed by atoms with E-state index in [2.05, 4.69) is 10.0 Å². The second-order valence-corrected chi connectivity index (χ2v) is 8.40. The number of amides is 1. The largest absolute Gasteiger partial charge is 0.497 e. The summed E-state index contributed by atoms with van der Waals surface area (Å²) >= 11 is 0. The van der Waals surface area contributed by atoms with Crippen LogP contribution in [0.1, 0.15) is 29.8 Å². The van der Waals surface area contributed by atoms with Crippen molar-refractivity contribution >= 4 is 15.9 Å². The third-order valence-electron chi connectivity index (χ3n) is 3.92. The second kappa shape index (κ2) is 9.53. The van der Waals surface area contributed by atoms with Crippen LogP contribution in [0.4, 0.5) is 0 Å². The molecule has 0 saturated carbocycles. The molecule has 0 radical (unpaired) electrons. The molecule has 0 bridgehead atoms. The molecular weight excluding hydrogens is 364 g/mol. The normalized spacial score (nSPS) is 11.4. The van der Waals surface area contributed by atoms with E-state index in [0.29, 0.717) is 24.4 Å². The van der Waals surface area contributed by atoms with Gasteiger partial charge in [0.25, 0.3) is 5.91 Å². The van der Waals surface area contributed by atoms with Crippen LogP contribution in [0.2, 0.25) is 0 Å². The number of carbonyl (C=O) groups is 1. The molecule has 2 aromatic carbocycles. The van der Waals surface area contributed by atoms with E-state index in [-0.39, 0.29) is 17.3 Å². The van der Waals surface area contributed by atoms with E-state index in [1.165, 1.54) is 12.1 Å². The van der Waals surface area contributed by atoms with Crippen molar-refractivity contribution in [3.63, 3.8) is 0 Å². The van der Waals surface area contributed by atoms with Crippen molar-refractivity contribution in [2.24, 2.45) is 5.92 Å². The molecule has 0 aliphatic carbocycles. The van der Waals surface area contributed by atoms with E-state index in [4.69, 9.17) is 4.74 Å². The predicted molar refractivity (Wildman–Crippen MR) is 105 cm³/mol. The van der Waals surface area contributed by atoms with Gasteiger partial charge < -0.3 is 10.1 Å². The van der Waals surface area contributed by atoms with Crippen LogP contribution in [0.3, 0.4) is 0 Å². The fourth-order valence-corrected chi connectivity index (χ4v) is 3.52. The highest BCUT2D eigenvalue weighted by atomic mass is 32.2. The smallest absolute Gasteiger partial charge is 0.251 e. The molecule has 27 heavy (non-hydrogen) atoms. The van der Waals surface area contributed by atoms with Crippen LogP contribution in [0.25, 0.3) is 0 Å². The van der Waals surface area contributed by atoms with Gasteiger partial charge in [-0.25, -0.2) is 13.1 Å². The molecule has 0 saturated heterocycles. The third kappa shape index (κ3) is 6.37. The number of hydrogen-bond donors (Lipinski definition) is 2. The van der Waals surface area contributed by atoms with Gasteiger partial charge in [0.15, 0.2) is 0 Å². The summed E-state index contributed by atoms with van der Waals surface area (Å²) in [5.41, 5.74) is 1.30. The minimum atomic E-state index is -3.69. The van der Waals surface area contributed by atoms with Gasteiger partial charge in [-0.2, -0.15) is 0 Å². The van der Waals surface area contributed by atoms with Crippen molar-refractivity contribution < 1.29 is 17.9 Å². The number of sulfonamides is 1. The second-order valence-electron chi connectivity index (χ2n) is 6.63. The molecular formula is C20H26N2O4S. The maximum atomic E-state index is 12.5. The summed E-state index contributed by atoms with van der Waals surface area (Å²) in [5.74, 6) is 0.770. The van der Waals surface area contributed by atoms with Crippen LogP contribution in [-0.2, 0) is 16.4 Å². The van der Waals surface area contributed by atoms with Gasteiger partial charge in [-0.1, -0.05) is 32.0 Å². The minimum Gasteiger partial charge on any atom is -0.497 e. The highest BCUT2D eigenvalue weighted by Crippen LogP contribution is 2.14. The van der Waals surface area contributed by atoms with Gasteiger partial charge in [0, 0.05) is 18.7 Å². The van der Waals surface area contributed by atoms with Crippen LogP contribution < -0.4 is 14.8 Å². The van der Waals surface area contributed by atoms with E-state index >= 15 is 0 Å². The van der Waals surface area contributed by atoms with Gasteiger partial charge in [0.2, 0.25) is 10.0 Å². The highest BCUT2D eigenvalue weighted by molar-refractivity contribution is 7.89. The summed E-state index contributed by atoms with van der Waals surface area (Å²) in [6, 6.07) is 13.5. The van der Waals surface area contributed by atoms with Crippen LogP contribution >= 0.6 is 0 Å².